The summed E-state index contributed by atoms with van der Waals surface area (Å²) in [6, 6.07) is 31.4. The van der Waals surface area contributed by atoms with E-state index < -0.39 is 6.10 Å². The number of nitrogens with zero attached hydrogens (tertiary/aromatic N) is 1. The van der Waals surface area contributed by atoms with Crippen LogP contribution in [0, 0.1) is 5.92 Å². The second kappa shape index (κ2) is 10.7. The van der Waals surface area contributed by atoms with Crippen molar-refractivity contribution >= 4 is 17.3 Å². The van der Waals surface area contributed by atoms with Crippen molar-refractivity contribution in [1.29, 1.82) is 0 Å². The predicted molar refractivity (Wildman–Crippen MR) is 177 cm³/mol. The lowest BCUT2D eigenvalue weighted by atomic mass is 9.55. The maximum atomic E-state index is 11.8. The van der Waals surface area contributed by atoms with Crippen molar-refractivity contribution in [3.8, 4) is 0 Å². The van der Waals surface area contributed by atoms with E-state index in [2.05, 4.69) is 114 Å². The van der Waals surface area contributed by atoms with Crippen LogP contribution in [0.25, 0.3) is 5.57 Å². The molecule has 43 heavy (non-hydrogen) atoms. The standard InChI is InChI=1S/C39H39NO2S/c1-43-36-25-30-31(24-34(36)40-20-22-42-23-21-40)37-29-14-8-9-15-32(29)39(33(37)26-35(30)41)18-16-38(17-19-39,27-10-4-2-5-11-27)28-12-6-3-7-13-28/h2-15,24-26,30,35,41H,16-23H2,1H3. The number of thioether (sulfide) groups is 1. The molecule has 1 saturated carbocycles. The number of morpholine rings is 1. The molecule has 218 valence electrons. The summed E-state index contributed by atoms with van der Waals surface area (Å²) in [6.07, 6.45) is 12.9. The minimum Gasteiger partial charge on any atom is -0.388 e. The van der Waals surface area contributed by atoms with Crippen molar-refractivity contribution in [2.45, 2.75) is 42.6 Å². The third-order valence-corrected chi connectivity index (χ3v) is 11.7. The molecule has 3 nitrogen and oxygen atoms in total. The first-order valence-corrected chi connectivity index (χ1v) is 17.0. The normalized spacial score (nSPS) is 25.3. The summed E-state index contributed by atoms with van der Waals surface area (Å²) in [5.41, 5.74) is 10.9. The first-order valence-electron chi connectivity index (χ1n) is 15.8. The molecule has 1 aliphatic heterocycles. The molecule has 4 heteroatoms. The van der Waals surface area contributed by atoms with E-state index in [0.29, 0.717) is 0 Å². The fraction of sp³-hybridized carbons (Fsp3) is 0.333. The summed E-state index contributed by atoms with van der Waals surface area (Å²) < 4.78 is 5.70. The Morgan fingerprint density at radius 2 is 1.37 bits per heavy atom. The minimum absolute atomic E-state index is 0.0147. The zero-order valence-corrected chi connectivity index (χ0v) is 25.7. The molecule has 2 unspecified atom stereocenters. The molecular weight excluding hydrogens is 547 g/mol. The van der Waals surface area contributed by atoms with Crippen LogP contribution in [0.2, 0.25) is 0 Å². The quantitative estimate of drug-likeness (QED) is 0.341. The second-order valence-electron chi connectivity index (χ2n) is 12.7. The van der Waals surface area contributed by atoms with Gasteiger partial charge in [0.25, 0.3) is 0 Å². The van der Waals surface area contributed by atoms with Crippen molar-refractivity contribution < 1.29 is 9.84 Å². The second-order valence-corrected chi connectivity index (χ2v) is 13.6. The third kappa shape index (κ3) is 4.18. The van der Waals surface area contributed by atoms with Gasteiger partial charge in [-0.1, -0.05) is 97.1 Å². The molecule has 1 saturated heterocycles. The van der Waals surface area contributed by atoms with Crippen molar-refractivity contribution in [1.82, 2.24) is 4.90 Å². The van der Waals surface area contributed by atoms with Gasteiger partial charge < -0.3 is 14.7 Å². The van der Waals surface area contributed by atoms with E-state index in [1.54, 1.807) is 11.8 Å². The summed E-state index contributed by atoms with van der Waals surface area (Å²) in [5, 5.41) is 11.8. The molecule has 0 radical (unpaired) electrons. The average molecular weight is 586 g/mol. The van der Waals surface area contributed by atoms with E-state index in [1.165, 1.54) is 49.6 Å². The van der Waals surface area contributed by atoms with E-state index in [-0.39, 0.29) is 16.7 Å². The Morgan fingerprint density at radius 1 is 0.767 bits per heavy atom. The van der Waals surface area contributed by atoms with Gasteiger partial charge in [-0.05, 0) is 77.0 Å². The lowest BCUT2D eigenvalue weighted by molar-refractivity contribution is 0.0549. The van der Waals surface area contributed by atoms with Crippen LogP contribution in [0.15, 0.2) is 125 Å². The number of fused-ring (bicyclic) bond motifs is 6. The smallest absolute Gasteiger partial charge is 0.0831 e. The van der Waals surface area contributed by atoms with Gasteiger partial charge in [0, 0.05) is 34.7 Å². The van der Waals surface area contributed by atoms with Crippen molar-refractivity contribution in [3.63, 3.8) is 0 Å². The van der Waals surface area contributed by atoms with E-state index in [4.69, 9.17) is 4.74 Å². The zero-order chi connectivity index (χ0) is 29.0. The number of rotatable bonds is 4. The maximum Gasteiger partial charge on any atom is 0.0831 e. The topological polar surface area (TPSA) is 32.7 Å². The highest BCUT2D eigenvalue weighted by Gasteiger charge is 2.53. The number of aliphatic hydroxyl groups excluding tert-OH is 1. The molecule has 2 atom stereocenters. The molecule has 1 spiro atoms. The maximum absolute atomic E-state index is 11.8. The van der Waals surface area contributed by atoms with Crippen LogP contribution in [-0.2, 0) is 15.6 Å². The Hall–Kier alpha value is -3.31. The van der Waals surface area contributed by atoms with Crippen LogP contribution in [0.1, 0.15) is 47.9 Å². The first-order chi connectivity index (χ1) is 21.1. The molecular formula is C39H39NO2S. The molecule has 0 bridgehead atoms. The molecule has 4 aliphatic carbocycles. The Kier molecular flexibility index (Phi) is 6.78. The fourth-order valence-corrected chi connectivity index (χ4v) is 9.45. The number of hydrogen-bond acceptors (Lipinski definition) is 4. The highest BCUT2D eigenvalue weighted by Crippen LogP contribution is 2.63. The predicted octanol–water partition coefficient (Wildman–Crippen LogP) is 7.65. The number of ether oxygens (including phenoxy) is 1. The van der Waals surface area contributed by atoms with Crippen LogP contribution in [0.4, 0.5) is 0 Å². The molecule has 5 aliphatic rings. The summed E-state index contributed by atoms with van der Waals surface area (Å²) in [7, 11) is 0. The average Bonchev–Trinajstić information content (AvgIpc) is 3.34. The minimum atomic E-state index is -0.528. The van der Waals surface area contributed by atoms with Gasteiger partial charge in [0.05, 0.1) is 25.0 Å². The molecule has 3 aromatic rings. The largest absolute Gasteiger partial charge is 0.388 e. The first kappa shape index (κ1) is 27.3. The number of hydrogen-bond donors (Lipinski definition) is 1. The van der Waals surface area contributed by atoms with Crippen molar-refractivity contribution in [3.05, 3.63) is 147 Å². The van der Waals surface area contributed by atoms with Gasteiger partial charge in [0.2, 0.25) is 0 Å². The van der Waals surface area contributed by atoms with Gasteiger partial charge in [-0.2, -0.15) is 0 Å². The molecule has 2 fully saturated rings. The fourth-order valence-electron chi connectivity index (χ4n) is 8.78. The summed E-state index contributed by atoms with van der Waals surface area (Å²) in [4.78, 5) is 3.74. The van der Waals surface area contributed by atoms with Crippen molar-refractivity contribution in [2.75, 3.05) is 32.6 Å². The number of benzene rings is 3. The van der Waals surface area contributed by atoms with Crippen LogP contribution in [0.5, 0.6) is 0 Å². The number of allylic oxidation sites excluding steroid dienone is 3. The summed E-state index contributed by atoms with van der Waals surface area (Å²) in [6.45, 7) is 3.34. The van der Waals surface area contributed by atoms with Gasteiger partial charge in [-0.3, -0.25) is 0 Å². The molecule has 3 aromatic carbocycles. The Balaban J connectivity index is 1.26. The third-order valence-electron chi connectivity index (χ3n) is 10.9. The van der Waals surface area contributed by atoms with Crippen LogP contribution in [0.3, 0.4) is 0 Å². The molecule has 8 rings (SSSR count). The zero-order valence-electron chi connectivity index (χ0n) is 24.8. The SMILES string of the molecule is CSC1=CC2C(=C3C(=CC2O)C2(CCC(c4ccccc4)(c4ccccc4)CC2)c2ccccc23)C=C1N1CCOCC1. The molecule has 1 N–H and O–H groups in total. The van der Waals surface area contributed by atoms with E-state index >= 15 is 0 Å². The monoisotopic (exact) mass is 585 g/mol. The van der Waals surface area contributed by atoms with Gasteiger partial charge in [-0.15, -0.1) is 11.8 Å². The molecule has 1 heterocycles. The molecule has 0 amide bonds. The van der Waals surface area contributed by atoms with Gasteiger partial charge in [0.1, 0.15) is 0 Å². The molecule has 0 aromatic heterocycles. The lowest BCUT2D eigenvalue weighted by Crippen LogP contribution is -2.41. The highest BCUT2D eigenvalue weighted by molar-refractivity contribution is 8.02. The Morgan fingerprint density at radius 3 is 2.02 bits per heavy atom. The van der Waals surface area contributed by atoms with E-state index in [0.717, 1.165) is 52.0 Å². The summed E-state index contributed by atoms with van der Waals surface area (Å²) in [5.74, 6) is -0.0227. The van der Waals surface area contributed by atoms with Gasteiger partial charge in [0.15, 0.2) is 0 Å². The van der Waals surface area contributed by atoms with E-state index in [9.17, 15) is 5.11 Å². The van der Waals surface area contributed by atoms with Crippen LogP contribution < -0.4 is 0 Å². The van der Waals surface area contributed by atoms with Crippen LogP contribution >= 0.6 is 11.8 Å². The van der Waals surface area contributed by atoms with Crippen LogP contribution in [-0.4, -0.2) is 48.7 Å². The lowest BCUT2D eigenvalue weighted by Gasteiger charge is -2.48. The highest BCUT2D eigenvalue weighted by atomic mass is 32.2. The van der Waals surface area contributed by atoms with Gasteiger partial charge >= 0.3 is 0 Å². The Labute approximate surface area is 259 Å². The van der Waals surface area contributed by atoms with Crippen molar-refractivity contribution in [2.24, 2.45) is 5.92 Å². The van der Waals surface area contributed by atoms with Gasteiger partial charge in [-0.25, -0.2) is 0 Å². The number of aliphatic hydroxyl groups is 1. The Bertz CT molecular complexity index is 1610. The summed E-state index contributed by atoms with van der Waals surface area (Å²) >= 11 is 1.79. The van der Waals surface area contributed by atoms with E-state index in [1.807, 2.05) is 0 Å².